The van der Waals surface area contributed by atoms with Gasteiger partial charge in [-0.25, -0.2) is 9.48 Å². The summed E-state index contributed by atoms with van der Waals surface area (Å²) in [4.78, 5) is 36.8. The number of primary amides is 1. The van der Waals surface area contributed by atoms with Crippen LogP contribution < -0.4 is 11.1 Å². The van der Waals surface area contributed by atoms with Gasteiger partial charge in [-0.3, -0.25) is 9.59 Å². The maximum atomic E-state index is 12.5. The second-order valence-corrected chi connectivity index (χ2v) is 8.28. The summed E-state index contributed by atoms with van der Waals surface area (Å²) >= 11 is 7.51. The number of hydrogen-bond donors (Lipinski definition) is 2. The number of para-hydroxylation sites is 1. The van der Waals surface area contributed by atoms with Gasteiger partial charge in [0.2, 0.25) is 5.91 Å². The number of esters is 1. The number of ether oxygens (including phenoxy) is 1. The molecule has 0 unspecified atom stereocenters. The summed E-state index contributed by atoms with van der Waals surface area (Å²) < 4.78 is 6.85. The predicted octanol–water partition coefficient (Wildman–Crippen LogP) is 3.94. The molecule has 0 bridgehead atoms. The van der Waals surface area contributed by atoms with Crippen molar-refractivity contribution in [2.24, 2.45) is 5.73 Å². The molecular formula is C22H17ClN4O4S. The Balaban J connectivity index is 1.45. The van der Waals surface area contributed by atoms with Crippen molar-refractivity contribution in [3.8, 4) is 5.69 Å². The molecule has 2 amide bonds. The number of halogens is 1. The van der Waals surface area contributed by atoms with Crippen LogP contribution in [0, 0.1) is 6.92 Å². The molecule has 8 nitrogen and oxygen atoms in total. The Hall–Kier alpha value is -3.69. The SMILES string of the molecule is Cc1nn(-c2ccccc2Cl)c2sc(C(=O)OCC(=O)Nc3ccc(C(N)=O)cc3)cc12. The Morgan fingerprint density at radius 1 is 1.16 bits per heavy atom. The van der Waals surface area contributed by atoms with Gasteiger partial charge in [-0.1, -0.05) is 23.7 Å². The van der Waals surface area contributed by atoms with Crippen LogP contribution in [0.5, 0.6) is 0 Å². The van der Waals surface area contributed by atoms with Crippen molar-refractivity contribution in [1.29, 1.82) is 0 Å². The lowest BCUT2D eigenvalue weighted by atomic mass is 10.2. The number of aromatic nitrogens is 2. The van der Waals surface area contributed by atoms with Crippen molar-refractivity contribution in [2.75, 3.05) is 11.9 Å². The molecule has 0 aliphatic heterocycles. The summed E-state index contributed by atoms with van der Waals surface area (Å²) in [5.41, 5.74) is 7.41. The van der Waals surface area contributed by atoms with E-state index in [9.17, 15) is 14.4 Å². The average Bonchev–Trinajstić information content (AvgIpc) is 3.34. The molecule has 2 heterocycles. The third kappa shape index (κ3) is 4.34. The molecule has 4 aromatic rings. The number of carbonyl (C=O) groups is 3. The zero-order valence-corrected chi connectivity index (χ0v) is 18.4. The molecule has 0 spiro atoms. The normalized spacial score (nSPS) is 10.8. The van der Waals surface area contributed by atoms with Crippen LogP contribution in [0.15, 0.2) is 54.6 Å². The zero-order valence-electron chi connectivity index (χ0n) is 16.8. The monoisotopic (exact) mass is 468 g/mol. The second kappa shape index (κ2) is 8.81. The van der Waals surface area contributed by atoms with Crippen LogP contribution >= 0.6 is 22.9 Å². The first-order valence-corrected chi connectivity index (χ1v) is 10.6. The summed E-state index contributed by atoms with van der Waals surface area (Å²) in [5, 5.41) is 8.45. The topological polar surface area (TPSA) is 116 Å². The molecule has 3 N–H and O–H groups in total. The fourth-order valence-corrected chi connectivity index (χ4v) is 4.34. The van der Waals surface area contributed by atoms with Gasteiger partial charge in [0.15, 0.2) is 6.61 Å². The van der Waals surface area contributed by atoms with E-state index in [1.165, 1.54) is 35.6 Å². The van der Waals surface area contributed by atoms with Crippen LogP contribution in [-0.2, 0) is 9.53 Å². The third-order valence-electron chi connectivity index (χ3n) is 4.61. The number of thiophene rings is 1. The van der Waals surface area contributed by atoms with Crippen molar-refractivity contribution in [1.82, 2.24) is 9.78 Å². The molecule has 4 rings (SSSR count). The number of nitrogens with two attached hydrogens (primary N) is 1. The summed E-state index contributed by atoms with van der Waals surface area (Å²) in [6.45, 7) is 1.38. The van der Waals surface area contributed by atoms with E-state index in [4.69, 9.17) is 22.1 Å². The lowest BCUT2D eigenvalue weighted by Crippen LogP contribution is -2.20. The molecule has 0 saturated carbocycles. The first-order chi connectivity index (χ1) is 15.3. The number of anilines is 1. The summed E-state index contributed by atoms with van der Waals surface area (Å²) in [6, 6.07) is 15.0. The van der Waals surface area contributed by atoms with E-state index < -0.39 is 24.4 Å². The van der Waals surface area contributed by atoms with Crippen LogP contribution in [0.2, 0.25) is 5.02 Å². The second-order valence-electron chi connectivity index (χ2n) is 6.84. The fraction of sp³-hybridized carbons (Fsp3) is 0.0909. The Labute approximate surface area is 191 Å². The van der Waals surface area contributed by atoms with Gasteiger partial charge in [0.05, 0.1) is 16.4 Å². The number of carbonyl (C=O) groups excluding carboxylic acids is 3. The third-order valence-corrected chi connectivity index (χ3v) is 6.02. The van der Waals surface area contributed by atoms with Gasteiger partial charge < -0.3 is 15.8 Å². The van der Waals surface area contributed by atoms with E-state index in [2.05, 4.69) is 10.4 Å². The van der Waals surface area contributed by atoms with Crippen molar-refractivity contribution >= 4 is 56.6 Å². The van der Waals surface area contributed by atoms with Crippen LogP contribution in [0.3, 0.4) is 0 Å². The smallest absolute Gasteiger partial charge is 0.348 e. The number of aryl methyl sites for hydroxylation is 1. The number of hydrogen-bond acceptors (Lipinski definition) is 6. The summed E-state index contributed by atoms with van der Waals surface area (Å²) in [6.07, 6.45) is 0. The number of amides is 2. The fourth-order valence-electron chi connectivity index (χ4n) is 3.05. The maximum Gasteiger partial charge on any atom is 0.348 e. The lowest BCUT2D eigenvalue weighted by molar-refractivity contribution is -0.119. The lowest BCUT2D eigenvalue weighted by Gasteiger charge is -2.06. The molecule has 0 radical (unpaired) electrons. The Morgan fingerprint density at radius 2 is 1.88 bits per heavy atom. The van der Waals surface area contributed by atoms with Crippen molar-refractivity contribution < 1.29 is 19.1 Å². The molecule has 2 aromatic heterocycles. The number of nitrogens with zero attached hydrogens (tertiary/aromatic N) is 2. The standard InChI is InChI=1S/C22H17ClN4O4S/c1-12-15-10-18(32-21(15)27(26-12)17-5-3-2-4-16(17)23)22(30)31-11-19(28)25-14-8-6-13(7-9-14)20(24)29/h2-10H,11H2,1H3,(H2,24,29)(H,25,28). The summed E-state index contributed by atoms with van der Waals surface area (Å²) in [5.74, 6) is -1.69. The van der Waals surface area contributed by atoms with Crippen molar-refractivity contribution in [2.45, 2.75) is 6.92 Å². The highest BCUT2D eigenvalue weighted by Gasteiger charge is 2.19. The minimum Gasteiger partial charge on any atom is -0.451 e. The predicted molar refractivity (Wildman–Crippen MR) is 123 cm³/mol. The molecular weight excluding hydrogens is 452 g/mol. The van der Waals surface area contributed by atoms with Crippen molar-refractivity contribution in [3.63, 3.8) is 0 Å². The molecule has 0 aliphatic carbocycles. The van der Waals surface area contributed by atoms with Crippen LogP contribution in [0.4, 0.5) is 5.69 Å². The van der Waals surface area contributed by atoms with E-state index in [0.29, 0.717) is 26.8 Å². The molecule has 0 saturated heterocycles. The maximum absolute atomic E-state index is 12.5. The van der Waals surface area contributed by atoms with E-state index >= 15 is 0 Å². The van der Waals surface area contributed by atoms with E-state index in [1.54, 1.807) is 16.8 Å². The molecule has 10 heteroatoms. The highest BCUT2D eigenvalue weighted by molar-refractivity contribution is 7.20. The van der Waals surface area contributed by atoms with Crippen LogP contribution in [0.1, 0.15) is 25.7 Å². The van der Waals surface area contributed by atoms with Gasteiger partial charge >= 0.3 is 5.97 Å². The largest absolute Gasteiger partial charge is 0.451 e. The summed E-state index contributed by atoms with van der Waals surface area (Å²) in [7, 11) is 0. The number of nitrogens with one attached hydrogen (secondary N) is 1. The quantitative estimate of drug-likeness (QED) is 0.416. The van der Waals surface area contributed by atoms with Gasteiger partial charge in [-0.2, -0.15) is 5.10 Å². The molecule has 0 aliphatic rings. The van der Waals surface area contributed by atoms with Crippen LogP contribution in [-0.4, -0.2) is 34.2 Å². The van der Waals surface area contributed by atoms with Crippen LogP contribution in [0.25, 0.3) is 15.9 Å². The first-order valence-electron chi connectivity index (χ1n) is 9.44. The van der Waals surface area contributed by atoms with Gasteiger partial charge in [-0.05, 0) is 49.4 Å². The van der Waals surface area contributed by atoms with Gasteiger partial charge in [-0.15, -0.1) is 11.3 Å². The number of rotatable bonds is 6. The van der Waals surface area contributed by atoms with Gasteiger partial charge in [0.25, 0.3) is 5.91 Å². The molecule has 162 valence electrons. The zero-order chi connectivity index (χ0) is 22.8. The van der Waals surface area contributed by atoms with E-state index in [1.807, 2.05) is 25.1 Å². The minimum atomic E-state index is -0.615. The van der Waals surface area contributed by atoms with Crippen molar-refractivity contribution in [3.05, 3.63) is 75.8 Å². The van der Waals surface area contributed by atoms with E-state index in [0.717, 1.165) is 15.9 Å². The van der Waals surface area contributed by atoms with Gasteiger partial charge in [0, 0.05) is 16.6 Å². The Kier molecular flexibility index (Phi) is 5.93. The number of fused-ring (bicyclic) bond motifs is 1. The minimum absolute atomic E-state index is 0.324. The molecule has 32 heavy (non-hydrogen) atoms. The Morgan fingerprint density at radius 3 is 2.56 bits per heavy atom. The molecule has 0 fully saturated rings. The highest BCUT2D eigenvalue weighted by Crippen LogP contribution is 2.32. The van der Waals surface area contributed by atoms with Gasteiger partial charge in [0.1, 0.15) is 9.71 Å². The first kappa shape index (κ1) is 21.5. The molecule has 2 aromatic carbocycles. The molecule has 0 atom stereocenters. The van der Waals surface area contributed by atoms with E-state index in [-0.39, 0.29) is 0 Å². The Bertz CT molecular complexity index is 1340. The average molecular weight is 469 g/mol. The number of benzene rings is 2. The highest BCUT2D eigenvalue weighted by atomic mass is 35.5.